The Labute approximate surface area is 289 Å². The van der Waals surface area contributed by atoms with E-state index in [1.54, 1.807) is 0 Å². The molecule has 17 heteroatoms. The molecular weight excluding hydrogens is 696 g/mol. The van der Waals surface area contributed by atoms with E-state index in [2.05, 4.69) is 35.2 Å². The normalized spacial score (nSPS) is 14.6. The summed E-state index contributed by atoms with van der Waals surface area (Å²) in [6, 6.07) is 8.15. The number of rotatable bonds is 13. The second-order valence-electron chi connectivity index (χ2n) is 9.61. The van der Waals surface area contributed by atoms with Crippen LogP contribution in [-0.2, 0) is 45.8 Å². The molecule has 2 aliphatic heterocycles. The maximum absolute atomic E-state index is 12.2. The minimum Gasteiger partial charge on any atom is -0.507 e. The molecule has 4 amide bonds. The van der Waals surface area contributed by atoms with Crippen molar-refractivity contribution in [2.45, 2.75) is 12.8 Å². The maximum Gasteiger partial charge on any atom is 0.312 e. The van der Waals surface area contributed by atoms with Gasteiger partial charge in [-0.15, -0.1) is 25.3 Å². The number of hydrogen-bond donors (Lipinski definition) is 4. The van der Waals surface area contributed by atoms with Crippen LogP contribution in [0.3, 0.4) is 0 Å². The quantitative estimate of drug-likeness (QED) is 0.0449. The van der Waals surface area contributed by atoms with Gasteiger partial charge in [-0.1, -0.05) is 0 Å². The molecule has 0 fully saturated rings. The molecule has 14 nitrogen and oxygen atoms in total. The molecule has 0 aliphatic carbocycles. The summed E-state index contributed by atoms with van der Waals surface area (Å²) in [5, 5.41) is 20.3. The van der Waals surface area contributed by atoms with E-state index in [0.717, 1.165) is 22.0 Å². The van der Waals surface area contributed by atoms with Crippen molar-refractivity contribution in [2.75, 3.05) is 26.2 Å². The van der Waals surface area contributed by atoms with E-state index in [9.17, 15) is 39.0 Å². The predicted octanol–water partition coefficient (Wildman–Crippen LogP) is 1.59. The fourth-order valence-corrected chi connectivity index (χ4v) is 4.49. The van der Waals surface area contributed by atoms with Crippen LogP contribution < -0.4 is 9.47 Å². The summed E-state index contributed by atoms with van der Waals surface area (Å²) >= 11 is 7.80. The van der Waals surface area contributed by atoms with Gasteiger partial charge < -0.3 is 19.7 Å². The van der Waals surface area contributed by atoms with Crippen LogP contribution in [0.5, 0.6) is 23.0 Å². The molecule has 2 heterocycles. The zero-order valence-corrected chi connectivity index (χ0v) is 27.1. The Morgan fingerprint density at radius 1 is 0.702 bits per heavy atom. The summed E-state index contributed by atoms with van der Waals surface area (Å²) in [5.41, 5.74) is 0.520. The number of amides is 4. The van der Waals surface area contributed by atoms with Crippen LogP contribution in [0.1, 0.15) is 24.0 Å². The van der Waals surface area contributed by atoms with E-state index in [0.29, 0.717) is 0 Å². The molecule has 0 unspecified atom stereocenters. The third kappa shape index (κ3) is 9.89. The minimum atomic E-state index is -0.696. The van der Waals surface area contributed by atoms with Crippen molar-refractivity contribution >= 4 is 73.3 Å². The first-order valence-corrected chi connectivity index (χ1v) is 14.4. The molecule has 4 rings (SSSR count). The van der Waals surface area contributed by atoms with Crippen LogP contribution in [-0.4, -0.2) is 94.2 Å². The summed E-state index contributed by atoms with van der Waals surface area (Å²) < 4.78 is 10.5. The molecule has 0 aromatic heterocycles. The Morgan fingerprint density at radius 2 is 1.09 bits per heavy atom. The number of aromatic hydroxyl groups is 2. The molecule has 47 heavy (non-hydrogen) atoms. The summed E-state index contributed by atoms with van der Waals surface area (Å²) in [6.07, 6.45) is 4.38. The van der Waals surface area contributed by atoms with Gasteiger partial charge in [0, 0.05) is 65.9 Å². The van der Waals surface area contributed by atoms with Crippen LogP contribution in [0.2, 0.25) is 0 Å². The number of esters is 2. The zero-order valence-electron chi connectivity index (χ0n) is 24.2. The van der Waals surface area contributed by atoms with E-state index >= 15 is 0 Å². The van der Waals surface area contributed by atoms with E-state index in [-0.39, 0.29) is 100 Å². The molecule has 246 valence electrons. The first-order chi connectivity index (χ1) is 21.9. The van der Waals surface area contributed by atoms with Crippen molar-refractivity contribution in [1.82, 2.24) is 9.80 Å². The van der Waals surface area contributed by atoms with Crippen molar-refractivity contribution < 1.29 is 65.5 Å². The number of imide groups is 2. The third-order valence-electron chi connectivity index (χ3n) is 6.34. The molecular formula is C30H26FeN4O10S2. The number of carbonyl (C=O) groups is 6. The number of nitrogens with zero attached hydrogens (tertiary/aromatic N) is 4. The standard InChI is InChI=1S/C30H26N4O10S2.Fe/c35-21-3-1-19(43-27(39)5-9-33-25(37)13-23(45)29(33)41)11-17(21)15-31-7-8-32-16-18-12-20(2-4-22(18)36)44-28(40)6-10-34-26(38)14-24(46)30(34)42;/h1-4,11-16,35-36,45-46H,5-10H2;. The van der Waals surface area contributed by atoms with Crippen molar-refractivity contribution in [3.8, 4) is 23.0 Å². The van der Waals surface area contributed by atoms with Gasteiger partial charge in [0.2, 0.25) is 0 Å². The van der Waals surface area contributed by atoms with Gasteiger partial charge in [0.1, 0.15) is 23.0 Å². The Balaban J connectivity index is 0.00000600. The fourth-order valence-electron chi connectivity index (χ4n) is 4.02. The first kappa shape index (κ1) is 36.8. The van der Waals surface area contributed by atoms with Crippen LogP contribution in [0.15, 0.2) is 68.3 Å². The predicted molar refractivity (Wildman–Crippen MR) is 169 cm³/mol. The van der Waals surface area contributed by atoms with Gasteiger partial charge in [0.15, 0.2) is 0 Å². The van der Waals surface area contributed by atoms with Crippen molar-refractivity contribution in [1.29, 1.82) is 0 Å². The second kappa shape index (κ2) is 16.7. The van der Waals surface area contributed by atoms with Gasteiger partial charge in [-0.3, -0.25) is 48.6 Å². The van der Waals surface area contributed by atoms with Gasteiger partial charge in [-0.2, -0.15) is 0 Å². The van der Waals surface area contributed by atoms with Gasteiger partial charge in [0.05, 0.1) is 35.7 Å². The van der Waals surface area contributed by atoms with Crippen molar-refractivity contribution in [3.63, 3.8) is 0 Å². The molecule has 0 saturated carbocycles. The van der Waals surface area contributed by atoms with Crippen LogP contribution >= 0.6 is 25.3 Å². The molecule has 2 aliphatic rings. The van der Waals surface area contributed by atoms with Crippen LogP contribution in [0.25, 0.3) is 0 Å². The monoisotopic (exact) mass is 722 g/mol. The van der Waals surface area contributed by atoms with E-state index < -0.39 is 35.6 Å². The van der Waals surface area contributed by atoms with Crippen molar-refractivity contribution in [3.05, 3.63) is 69.5 Å². The second-order valence-corrected chi connectivity index (χ2v) is 10.6. The molecule has 0 spiro atoms. The Bertz CT molecular complexity index is 1620. The summed E-state index contributed by atoms with van der Waals surface area (Å²) in [5.74, 6) is -3.69. The average molecular weight is 723 g/mol. The number of hydrogen-bond acceptors (Lipinski definition) is 14. The van der Waals surface area contributed by atoms with E-state index in [1.807, 2.05) is 0 Å². The first-order valence-electron chi connectivity index (χ1n) is 13.5. The van der Waals surface area contributed by atoms with Crippen LogP contribution in [0, 0.1) is 0 Å². The Hall–Kier alpha value is -4.70. The molecule has 0 atom stereocenters. The topological polar surface area (TPSA) is 193 Å². The number of phenols is 2. The molecule has 2 N–H and O–H groups in total. The van der Waals surface area contributed by atoms with E-state index in [4.69, 9.17) is 9.47 Å². The molecule has 0 bridgehead atoms. The van der Waals surface area contributed by atoms with Gasteiger partial charge >= 0.3 is 11.9 Å². The Morgan fingerprint density at radius 3 is 1.43 bits per heavy atom. The number of ether oxygens (including phenoxy) is 2. The van der Waals surface area contributed by atoms with Gasteiger partial charge in [-0.05, 0) is 36.4 Å². The summed E-state index contributed by atoms with van der Waals surface area (Å²) in [7, 11) is 0. The van der Waals surface area contributed by atoms with E-state index in [1.165, 1.54) is 48.8 Å². The van der Waals surface area contributed by atoms with Gasteiger partial charge in [0.25, 0.3) is 23.6 Å². The zero-order chi connectivity index (χ0) is 33.4. The Kier molecular flexibility index (Phi) is 13.1. The largest absolute Gasteiger partial charge is 0.507 e. The molecule has 0 saturated heterocycles. The summed E-state index contributed by atoms with van der Waals surface area (Å²) in [4.78, 5) is 81.8. The SMILES string of the molecule is O=C(CCN1C(=O)C=C(S)C1=O)Oc1ccc(O)c(C=NCCN=Cc2cc(OC(=O)CCN3C(=O)C=C(S)C3=O)ccc2O)c1.[Fe]. The molecule has 2 aromatic carbocycles. The fraction of sp³-hybridized carbons (Fsp3) is 0.200. The van der Waals surface area contributed by atoms with Crippen LogP contribution in [0.4, 0.5) is 0 Å². The van der Waals surface area contributed by atoms with Crippen molar-refractivity contribution in [2.24, 2.45) is 9.98 Å². The molecule has 0 radical (unpaired) electrons. The number of carbonyl (C=O) groups excluding carboxylic acids is 6. The number of aliphatic imine (C=N–C) groups is 2. The molecule has 2 aromatic rings. The number of phenolic OH excluding ortho intramolecular Hbond substituents is 2. The maximum atomic E-state index is 12.2. The number of benzene rings is 2. The minimum absolute atomic E-state index is 0. The smallest absolute Gasteiger partial charge is 0.312 e. The third-order valence-corrected chi connectivity index (χ3v) is 6.98. The number of thiol groups is 2. The van der Waals surface area contributed by atoms with Gasteiger partial charge in [-0.25, -0.2) is 0 Å². The average Bonchev–Trinajstić information content (AvgIpc) is 3.40. The summed E-state index contributed by atoms with van der Waals surface area (Å²) in [6.45, 7) is 0.0344.